The van der Waals surface area contributed by atoms with Gasteiger partial charge in [-0.15, -0.1) is 0 Å². The summed E-state index contributed by atoms with van der Waals surface area (Å²) in [6.07, 6.45) is 0. The summed E-state index contributed by atoms with van der Waals surface area (Å²) in [5, 5.41) is 3.95. The highest BCUT2D eigenvalue weighted by atomic mass is 35.5. The number of benzene rings is 2. The molecule has 1 unspecified atom stereocenters. The summed E-state index contributed by atoms with van der Waals surface area (Å²) in [7, 11) is 0. The molecule has 3 rings (SSSR count). The van der Waals surface area contributed by atoms with Gasteiger partial charge in [-0.3, -0.25) is 9.59 Å². The molecule has 2 amide bonds. The summed E-state index contributed by atoms with van der Waals surface area (Å²) in [6.45, 7) is 1.92. The van der Waals surface area contributed by atoms with E-state index in [0.717, 1.165) is 12.1 Å². The monoisotopic (exact) mass is 373 g/mol. The smallest absolute Gasteiger partial charge is 0.261 e. The Morgan fingerprint density at radius 1 is 1.23 bits per heavy atom. The normalized spacial score (nSPS) is 17.0. The van der Waals surface area contributed by atoms with Crippen molar-refractivity contribution < 1.29 is 14.3 Å². The van der Waals surface area contributed by atoms with Gasteiger partial charge in [0.2, 0.25) is 5.91 Å². The van der Waals surface area contributed by atoms with Crippen molar-refractivity contribution in [1.82, 2.24) is 10.2 Å². The van der Waals surface area contributed by atoms with Gasteiger partial charge in [0.05, 0.1) is 6.04 Å². The molecule has 1 saturated heterocycles. The Morgan fingerprint density at radius 3 is 2.69 bits per heavy atom. The number of carbonyl (C=O) groups excluding carboxylic acids is 2. The predicted octanol–water partition coefficient (Wildman–Crippen LogP) is 1.99. The zero-order valence-electron chi connectivity index (χ0n) is 14.2. The predicted molar refractivity (Wildman–Crippen MR) is 99.2 cm³/mol. The van der Waals surface area contributed by atoms with Crippen LogP contribution in [-0.2, 0) is 4.79 Å². The Balaban J connectivity index is 1.66. The third-order valence-electron chi connectivity index (χ3n) is 4.30. The van der Waals surface area contributed by atoms with E-state index in [1.807, 2.05) is 24.3 Å². The summed E-state index contributed by atoms with van der Waals surface area (Å²) in [5.74, 6) is -0.0916. The highest BCUT2D eigenvalue weighted by molar-refractivity contribution is 6.30. The molecule has 1 aliphatic rings. The minimum Gasteiger partial charge on any atom is -0.484 e. The molecule has 2 aromatic carbocycles. The van der Waals surface area contributed by atoms with Gasteiger partial charge in [0.15, 0.2) is 6.61 Å². The molecule has 136 valence electrons. The molecule has 2 aromatic rings. The fourth-order valence-corrected chi connectivity index (χ4v) is 3.16. The molecule has 1 atom stereocenters. The van der Waals surface area contributed by atoms with Crippen LogP contribution in [-0.4, -0.2) is 43.0 Å². The van der Waals surface area contributed by atoms with Gasteiger partial charge in [0.25, 0.3) is 5.91 Å². The third kappa shape index (κ3) is 4.33. The minimum atomic E-state index is -0.502. The molecule has 1 heterocycles. The van der Waals surface area contributed by atoms with Crippen molar-refractivity contribution in [3.8, 4) is 5.75 Å². The lowest BCUT2D eigenvalue weighted by Crippen LogP contribution is -2.50. The maximum absolute atomic E-state index is 12.7. The van der Waals surface area contributed by atoms with Gasteiger partial charge in [0.1, 0.15) is 5.75 Å². The molecule has 26 heavy (non-hydrogen) atoms. The molecule has 1 fully saturated rings. The van der Waals surface area contributed by atoms with Crippen LogP contribution in [0.3, 0.4) is 0 Å². The Labute approximate surface area is 156 Å². The summed E-state index contributed by atoms with van der Waals surface area (Å²) in [6, 6.07) is 13.8. The van der Waals surface area contributed by atoms with Crippen LogP contribution in [0.4, 0.5) is 0 Å². The van der Waals surface area contributed by atoms with E-state index >= 15 is 0 Å². The summed E-state index contributed by atoms with van der Waals surface area (Å²) in [5.41, 5.74) is 6.59. The number of nitrogens with two attached hydrogens (primary N) is 1. The van der Waals surface area contributed by atoms with E-state index in [2.05, 4.69) is 5.32 Å². The number of ether oxygens (including phenoxy) is 1. The van der Waals surface area contributed by atoms with Crippen LogP contribution in [0.15, 0.2) is 48.5 Å². The molecule has 7 heteroatoms. The van der Waals surface area contributed by atoms with Gasteiger partial charge >= 0.3 is 0 Å². The molecule has 1 aliphatic heterocycles. The lowest BCUT2D eigenvalue weighted by Gasteiger charge is -2.36. The van der Waals surface area contributed by atoms with Crippen LogP contribution in [0.25, 0.3) is 0 Å². The third-order valence-corrected chi connectivity index (χ3v) is 4.53. The van der Waals surface area contributed by atoms with Crippen molar-refractivity contribution >= 4 is 23.4 Å². The number of nitrogens with zero attached hydrogens (tertiary/aromatic N) is 1. The van der Waals surface area contributed by atoms with Crippen molar-refractivity contribution in [3.05, 3.63) is 64.7 Å². The Morgan fingerprint density at radius 2 is 2.00 bits per heavy atom. The zero-order chi connectivity index (χ0) is 18.5. The van der Waals surface area contributed by atoms with Crippen molar-refractivity contribution in [2.75, 3.05) is 26.2 Å². The minimum absolute atomic E-state index is 0.0764. The van der Waals surface area contributed by atoms with Crippen LogP contribution in [0, 0.1) is 0 Å². The van der Waals surface area contributed by atoms with E-state index in [1.54, 1.807) is 29.2 Å². The molecular weight excluding hydrogens is 354 g/mol. The number of rotatable bonds is 5. The number of amides is 2. The number of halogens is 1. The van der Waals surface area contributed by atoms with E-state index in [0.29, 0.717) is 29.4 Å². The number of nitrogens with one attached hydrogen (secondary N) is 1. The van der Waals surface area contributed by atoms with Crippen LogP contribution >= 0.6 is 11.6 Å². The Bertz CT molecular complexity index is 795. The lowest BCUT2D eigenvalue weighted by atomic mass is 10.0. The van der Waals surface area contributed by atoms with Gasteiger partial charge in [-0.05, 0) is 42.0 Å². The number of carbonyl (C=O) groups is 2. The second kappa shape index (κ2) is 8.21. The van der Waals surface area contributed by atoms with E-state index < -0.39 is 5.91 Å². The first-order chi connectivity index (χ1) is 12.5. The molecule has 0 aromatic heterocycles. The quantitative estimate of drug-likeness (QED) is 0.839. The van der Waals surface area contributed by atoms with Gasteiger partial charge in [-0.2, -0.15) is 0 Å². The first-order valence-electron chi connectivity index (χ1n) is 8.33. The molecule has 3 N–H and O–H groups in total. The lowest BCUT2D eigenvalue weighted by molar-refractivity contribution is -0.136. The summed E-state index contributed by atoms with van der Waals surface area (Å²) < 4.78 is 5.57. The second-order valence-electron chi connectivity index (χ2n) is 6.04. The van der Waals surface area contributed by atoms with Gasteiger partial charge in [-0.25, -0.2) is 0 Å². The fourth-order valence-electron chi connectivity index (χ4n) is 2.96. The Hall–Kier alpha value is -2.57. The maximum Gasteiger partial charge on any atom is 0.261 e. The van der Waals surface area contributed by atoms with Gasteiger partial charge in [0, 0.05) is 30.2 Å². The van der Waals surface area contributed by atoms with Crippen molar-refractivity contribution in [3.63, 3.8) is 0 Å². The van der Waals surface area contributed by atoms with Crippen LogP contribution < -0.4 is 15.8 Å². The highest BCUT2D eigenvalue weighted by Gasteiger charge is 2.28. The SMILES string of the molecule is NC(=O)c1ccc(OCC(=O)N2CCNCC2c2cccc(Cl)c2)cc1. The summed E-state index contributed by atoms with van der Waals surface area (Å²) >= 11 is 6.09. The van der Waals surface area contributed by atoms with E-state index in [9.17, 15) is 9.59 Å². The highest BCUT2D eigenvalue weighted by Crippen LogP contribution is 2.25. The largest absolute Gasteiger partial charge is 0.484 e. The number of hydrogen-bond acceptors (Lipinski definition) is 4. The molecule has 0 aliphatic carbocycles. The van der Waals surface area contributed by atoms with Crippen LogP contribution in [0.5, 0.6) is 5.75 Å². The average molecular weight is 374 g/mol. The second-order valence-corrected chi connectivity index (χ2v) is 6.48. The molecular formula is C19H20ClN3O3. The first kappa shape index (κ1) is 18.2. The van der Waals surface area contributed by atoms with Crippen molar-refractivity contribution in [2.45, 2.75) is 6.04 Å². The van der Waals surface area contributed by atoms with Gasteiger partial charge < -0.3 is 20.7 Å². The Kier molecular flexibility index (Phi) is 5.75. The van der Waals surface area contributed by atoms with Crippen molar-refractivity contribution in [2.24, 2.45) is 5.73 Å². The van der Waals surface area contributed by atoms with E-state index in [1.165, 1.54) is 0 Å². The van der Waals surface area contributed by atoms with Crippen LogP contribution in [0.2, 0.25) is 5.02 Å². The van der Waals surface area contributed by atoms with E-state index in [4.69, 9.17) is 22.1 Å². The maximum atomic E-state index is 12.7. The molecule has 0 spiro atoms. The standard InChI is InChI=1S/C19H20ClN3O3/c20-15-3-1-2-14(10-15)17-11-22-8-9-23(17)18(24)12-26-16-6-4-13(5-7-16)19(21)25/h1-7,10,17,22H,8-9,11-12H2,(H2,21,25). The number of hydrogen-bond donors (Lipinski definition) is 2. The first-order valence-corrected chi connectivity index (χ1v) is 8.71. The van der Waals surface area contributed by atoms with Gasteiger partial charge in [-0.1, -0.05) is 23.7 Å². The number of piperazine rings is 1. The fraction of sp³-hybridized carbons (Fsp3) is 0.263. The molecule has 0 saturated carbocycles. The van der Waals surface area contributed by atoms with Crippen molar-refractivity contribution in [1.29, 1.82) is 0 Å². The van der Waals surface area contributed by atoms with E-state index in [-0.39, 0.29) is 18.6 Å². The molecule has 0 radical (unpaired) electrons. The zero-order valence-corrected chi connectivity index (χ0v) is 14.9. The molecule has 6 nitrogen and oxygen atoms in total. The molecule has 0 bridgehead atoms. The summed E-state index contributed by atoms with van der Waals surface area (Å²) in [4.78, 5) is 25.6. The van der Waals surface area contributed by atoms with Crippen LogP contribution in [0.1, 0.15) is 22.0 Å². The number of primary amides is 1. The topological polar surface area (TPSA) is 84.7 Å². The average Bonchev–Trinajstić information content (AvgIpc) is 2.66.